The van der Waals surface area contributed by atoms with Crippen LogP contribution >= 0.6 is 0 Å². The van der Waals surface area contributed by atoms with Gasteiger partial charge in [-0.2, -0.15) is 0 Å². The third-order valence-corrected chi connectivity index (χ3v) is 4.85. The minimum absolute atomic E-state index is 0.147. The molecule has 1 aromatic rings. The van der Waals surface area contributed by atoms with E-state index in [-0.39, 0.29) is 5.75 Å². The van der Waals surface area contributed by atoms with Crippen molar-refractivity contribution >= 4 is 0 Å². The molecule has 6 heteroatoms. The van der Waals surface area contributed by atoms with Crippen molar-refractivity contribution in [2.24, 2.45) is 5.92 Å². The smallest absolute Gasteiger partial charge is 0.406 e. The molecule has 1 aliphatic heterocycles. The summed E-state index contributed by atoms with van der Waals surface area (Å²) in [6.45, 7) is 3.92. The Morgan fingerprint density at radius 2 is 1.65 bits per heavy atom. The Bertz CT molecular complexity index is 492. The number of halogens is 3. The molecule has 1 saturated carbocycles. The van der Waals surface area contributed by atoms with E-state index in [1.165, 1.54) is 37.8 Å². The first-order chi connectivity index (χ1) is 11.0. The van der Waals surface area contributed by atoms with Gasteiger partial charge in [-0.25, -0.2) is 0 Å². The molecule has 0 radical (unpaired) electrons. The maximum atomic E-state index is 12.3. The van der Waals surface area contributed by atoms with Gasteiger partial charge in [0.15, 0.2) is 0 Å². The van der Waals surface area contributed by atoms with E-state index < -0.39 is 6.36 Å². The first kappa shape index (κ1) is 16.6. The summed E-state index contributed by atoms with van der Waals surface area (Å²) in [6, 6.07) is 6.78. The summed E-state index contributed by atoms with van der Waals surface area (Å²) in [6.07, 6.45) is 0.279. The molecule has 1 saturated heterocycles. The predicted octanol–water partition coefficient (Wildman–Crippen LogP) is 3.72. The summed E-state index contributed by atoms with van der Waals surface area (Å²) in [5.41, 5.74) is 1.10. The lowest BCUT2D eigenvalue weighted by Crippen LogP contribution is -2.46. The zero-order chi connectivity index (χ0) is 16.3. The Morgan fingerprint density at radius 1 is 1.04 bits per heavy atom. The molecule has 0 spiro atoms. The lowest BCUT2D eigenvalue weighted by atomic mass is 9.89. The Balaban J connectivity index is 1.78. The quantitative estimate of drug-likeness (QED) is 0.912. The second-order valence-electron chi connectivity index (χ2n) is 6.39. The number of ether oxygens (including phenoxy) is 1. The topological polar surface area (TPSA) is 24.5 Å². The van der Waals surface area contributed by atoms with Crippen molar-refractivity contribution in [2.75, 3.05) is 26.2 Å². The van der Waals surface area contributed by atoms with Gasteiger partial charge >= 0.3 is 6.36 Å². The highest BCUT2D eigenvalue weighted by Crippen LogP contribution is 2.40. The SMILES string of the molecule is FC(F)(F)Oc1ccc([C@H](C2CCCC2)N2CCNCC2)cc1. The van der Waals surface area contributed by atoms with Gasteiger partial charge in [0, 0.05) is 32.2 Å². The van der Waals surface area contributed by atoms with Crippen LogP contribution in [0.5, 0.6) is 5.75 Å². The predicted molar refractivity (Wildman–Crippen MR) is 82.3 cm³/mol. The fourth-order valence-corrected chi connectivity index (χ4v) is 3.88. The number of nitrogens with zero attached hydrogens (tertiary/aromatic N) is 1. The average Bonchev–Trinajstić information content (AvgIpc) is 3.03. The Hall–Kier alpha value is -1.27. The van der Waals surface area contributed by atoms with Crippen LogP contribution in [0.15, 0.2) is 24.3 Å². The van der Waals surface area contributed by atoms with Gasteiger partial charge in [0.25, 0.3) is 0 Å². The van der Waals surface area contributed by atoms with Crippen LogP contribution < -0.4 is 10.1 Å². The van der Waals surface area contributed by atoms with Crippen LogP contribution in [0.25, 0.3) is 0 Å². The normalized spacial score (nSPS) is 22.2. The Morgan fingerprint density at radius 3 is 2.22 bits per heavy atom. The molecule has 128 valence electrons. The molecular formula is C17H23F3N2O. The molecule has 2 aliphatic rings. The lowest BCUT2D eigenvalue weighted by Gasteiger charge is -2.38. The fraction of sp³-hybridized carbons (Fsp3) is 0.647. The van der Waals surface area contributed by atoms with Crippen molar-refractivity contribution in [3.63, 3.8) is 0 Å². The van der Waals surface area contributed by atoms with E-state index in [2.05, 4.69) is 15.0 Å². The number of alkyl halides is 3. The van der Waals surface area contributed by atoms with Gasteiger partial charge in [-0.1, -0.05) is 25.0 Å². The third-order valence-electron chi connectivity index (χ3n) is 4.85. The number of hydrogen-bond acceptors (Lipinski definition) is 3. The first-order valence-corrected chi connectivity index (χ1v) is 8.33. The maximum absolute atomic E-state index is 12.3. The number of hydrogen-bond donors (Lipinski definition) is 1. The van der Waals surface area contributed by atoms with E-state index >= 15 is 0 Å². The molecule has 1 aromatic carbocycles. The minimum Gasteiger partial charge on any atom is -0.406 e. The van der Waals surface area contributed by atoms with Crippen molar-refractivity contribution in [1.29, 1.82) is 0 Å². The van der Waals surface area contributed by atoms with Gasteiger partial charge in [0.1, 0.15) is 5.75 Å². The van der Waals surface area contributed by atoms with Gasteiger partial charge in [-0.3, -0.25) is 4.90 Å². The maximum Gasteiger partial charge on any atom is 0.573 e. The Kier molecular flexibility index (Phi) is 5.11. The molecule has 0 aromatic heterocycles. The molecule has 0 bridgehead atoms. The number of nitrogens with one attached hydrogen (secondary N) is 1. The summed E-state index contributed by atoms with van der Waals surface area (Å²) < 4.78 is 40.9. The minimum atomic E-state index is -4.63. The highest BCUT2D eigenvalue weighted by Gasteiger charge is 2.33. The van der Waals surface area contributed by atoms with Gasteiger partial charge < -0.3 is 10.1 Å². The summed E-state index contributed by atoms with van der Waals surface area (Å²) >= 11 is 0. The summed E-state index contributed by atoms with van der Waals surface area (Å²) in [4.78, 5) is 2.48. The van der Waals surface area contributed by atoms with Gasteiger partial charge in [0.05, 0.1) is 0 Å². The fourth-order valence-electron chi connectivity index (χ4n) is 3.88. The van der Waals surface area contributed by atoms with E-state index in [1.54, 1.807) is 12.1 Å². The van der Waals surface area contributed by atoms with Gasteiger partial charge in [-0.15, -0.1) is 13.2 Å². The molecule has 3 rings (SSSR count). The molecule has 1 aliphatic carbocycles. The van der Waals surface area contributed by atoms with Crippen molar-refractivity contribution in [2.45, 2.75) is 38.1 Å². The molecular weight excluding hydrogens is 305 g/mol. The zero-order valence-corrected chi connectivity index (χ0v) is 13.1. The monoisotopic (exact) mass is 328 g/mol. The van der Waals surface area contributed by atoms with E-state index in [0.29, 0.717) is 12.0 Å². The third kappa shape index (κ3) is 4.38. The number of piperazine rings is 1. The van der Waals surface area contributed by atoms with E-state index in [4.69, 9.17) is 0 Å². The largest absolute Gasteiger partial charge is 0.573 e. The van der Waals surface area contributed by atoms with Crippen LogP contribution in [0.1, 0.15) is 37.3 Å². The second kappa shape index (κ2) is 7.09. The molecule has 0 unspecified atom stereocenters. The van der Waals surface area contributed by atoms with Crippen LogP contribution in [-0.4, -0.2) is 37.4 Å². The van der Waals surface area contributed by atoms with Crippen molar-refractivity contribution in [3.8, 4) is 5.75 Å². The van der Waals surface area contributed by atoms with Crippen LogP contribution in [0.4, 0.5) is 13.2 Å². The van der Waals surface area contributed by atoms with E-state index in [1.807, 2.05) is 0 Å². The zero-order valence-electron chi connectivity index (χ0n) is 13.1. The first-order valence-electron chi connectivity index (χ1n) is 8.33. The standard InChI is InChI=1S/C17H23F3N2O/c18-17(19,20)23-15-7-5-14(6-8-15)16(13-3-1-2-4-13)22-11-9-21-10-12-22/h5-8,13,16,21H,1-4,9-12H2/t16-/m0/s1. The van der Waals surface area contributed by atoms with Gasteiger partial charge in [-0.05, 0) is 36.5 Å². The van der Waals surface area contributed by atoms with E-state index in [9.17, 15) is 13.2 Å². The molecule has 1 N–H and O–H groups in total. The van der Waals surface area contributed by atoms with E-state index in [0.717, 1.165) is 31.7 Å². The molecule has 2 fully saturated rings. The molecule has 3 nitrogen and oxygen atoms in total. The summed E-state index contributed by atoms with van der Waals surface area (Å²) in [5, 5.41) is 3.36. The van der Waals surface area contributed by atoms with Crippen molar-refractivity contribution in [3.05, 3.63) is 29.8 Å². The highest BCUT2D eigenvalue weighted by atomic mass is 19.4. The van der Waals surface area contributed by atoms with Gasteiger partial charge in [0.2, 0.25) is 0 Å². The summed E-state index contributed by atoms with van der Waals surface area (Å²) in [7, 11) is 0. The highest BCUT2D eigenvalue weighted by molar-refractivity contribution is 5.30. The van der Waals surface area contributed by atoms with Crippen LogP contribution in [0, 0.1) is 5.92 Å². The van der Waals surface area contributed by atoms with Crippen molar-refractivity contribution < 1.29 is 17.9 Å². The van der Waals surface area contributed by atoms with Crippen molar-refractivity contribution in [1.82, 2.24) is 10.2 Å². The second-order valence-corrected chi connectivity index (χ2v) is 6.39. The van der Waals surface area contributed by atoms with Crippen LogP contribution in [-0.2, 0) is 0 Å². The summed E-state index contributed by atoms with van der Waals surface area (Å²) in [5.74, 6) is 0.453. The lowest BCUT2D eigenvalue weighted by molar-refractivity contribution is -0.274. The molecule has 23 heavy (non-hydrogen) atoms. The van der Waals surface area contributed by atoms with Crippen LogP contribution in [0.2, 0.25) is 0 Å². The van der Waals surface area contributed by atoms with Crippen LogP contribution in [0.3, 0.4) is 0 Å². The molecule has 1 heterocycles. The molecule has 1 atom stereocenters. The Labute approximate surface area is 134 Å². The molecule has 0 amide bonds. The number of benzene rings is 1. The number of rotatable bonds is 4. The average molecular weight is 328 g/mol.